The number of hydrogen-bond donors (Lipinski definition) is 1. The van der Waals surface area contributed by atoms with E-state index < -0.39 is 12.2 Å². The fourth-order valence-corrected chi connectivity index (χ4v) is 2.49. The quantitative estimate of drug-likeness (QED) is 0.877. The Bertz CT molecular complexity index is 531. The Morgan fingerprint density at radius 1 is 1.45 bits per heavy atom. The third-order valence-corrected chi connectivity index (χ3v) is 3.82. The molecule has 1 aliphatic rings. The van der Waals surface area contributed by atoms with Crippen molar-refractivity contribution in [3.8, 4) is 0 Å². The summed E-state index contributed by atoms with van der Waals surface area (Å²) in [5, 5.41) is 10.0. The number of nitrogens with zero attached hydrogens (tertiary/aromatic N) is 1. The molecule has 1 heterocycles. The third kappa shape index (κ3) is 3.82. The molecule has 2 atom stereocenters. The van der Waals surface area contributed by atoms with Crippen molar-refractivity contribution in [1.82, 2.24) is 4.90 Å². The third-order valence-electron chi connectivity index (χ3n) is 3.82. The molecule has 0 bridgehead atoms. The number of carbonyl (C=O) groups is 2. The smallest absolute Gasteiger partial charge is 0.416 e. The number of benzene rings is 1. The number of aliphatic hydroxyl groups excluding tert-OH is 1. The maximum absolute atomic E-state index is 12.8. The summed E-state index contributed by atoms with van der Waals surface area (Å²) in [5.74, 6) is -0.634. The van der Waals surface area contributed by atoms with Crippen molar-refractivity contribution in [3.05, 3.63) is 35.6 Å². The summed E-state index contributed by atoms with van der Waals surface area (Å²) in [6.45, 7) is 2.14. The second-order valence-corrected chi connectivity index (χ2v) is 5.36. The van der Waals surface area contributed by atoms with Gasteiger partial charge in [-0.3, -0.25) is 4.79 Å². The molecule has 1 aromatic rings. The van der Waals surface area contributed by atoms with Crippen LogP contribution in [0.15, 0.2) is 24.3 Å². The molecule has 2 amide bonds. The summed E-state index contributed by atoms with van der Waals surface area (Å²) in [6.07, 6.45) is 0.311. The van der Waals surface area contributed by atoms with E-state index in [4.69, 9.17) is 4.74 Å². The Morgan fingerprint density at radius 2 is 2.14 bits per heavy atom. The van der Waals surface area contributed by atoms with Gasteiger partial charge in [0.15, 0.2) is 0 Å². The first-order valence-electron chi connectivity index (χ1n) is 7.45. The van der Waals surface area contributed by atoms with E-state index >= 15 is 0 Å². The minimum atomic E-state index is -0.749. The number of carbonyl (C=O) groups excluding carboxylic acids is 2. The van der Waals surface area contributed by atoms with Gasteiger partial charge in [-0.2, -0.15) is 0 Å². The Kier molecular flexibility index (Phi) is 5.49. The lowest BCUT2D eigenvalue weighted by atomic mass is 10.0. The van der Waals surface area contributed by atoms with Gasteiger partial charge in [0.25, 0.3) is 0 Å². The Hall–Kier alpha value is -1.95. The van der Waals surface area contributed by atoms with E-state index in [1.165, 1.54) is 29.2 Å². The lowest BCUT2D eigenvalue weighted by molar-refractivity contribution is -0.129. The van der Waals surface area contributed by atoms with Gasteiger partial charge in [-0.05, 0) is 37.0 Å². The topological polar surface area (TPSA) is 66.8 Å². The van der Waals surface area contributed by atoms with Crippen molar-refractivity contribution in [2.75, 3.05) is 6.61 Å². The van der Waals surface area contributed by atoms with Crippen molar-refractivity contribution < 1.29 is 23.8 Å². The van der Waals surface area contributed by atoms with E-state index in [0.29, 0.717) is 24.8 Å². The molecule has 1 N–H and O–H groups in total. The Labute approximate surface area is 128 Å². The van der Waals surface area contributed by atoms with Gasteiger partial charge in [0.1, 0.15) is 12.4 Å². The Morgan fingerprint density at radius 3 is 2.77 bits per heavy atom. The van der Waals surface area contributed by atoms with Crippen molar-refractivity contribution in [2.24, 2.45) is 0 Å². The molecule has 0 radical (unpaired) electrons. The molecule has 2 rings (SSSR count). The molecule has 0 aliphatic carbocycles. The lowest BCUT2D eigenvalue weighted by Gasteiger charge is -2.18. The van der Waals surface area contributed by atoms with E-state index in [2.05, 4.69) is 0 Å². The molecule has 0 aromatic heterocycles. The fourth-order valence-electron chi connectivity index (χ4n) is 2.49. The monoisotopic (exact) mass is 309 g/mol. The highest BCUT2D eigenvalue weighted by Gasteiger charge is 2.36. The molecule has 5 nitrogen and oxygen atoms in total. The number of ether oxygens (including phenoxy) is 1. The van der Waals surface area contributed by atoms with Crippen molar-refractivity contribution in [2.45, 2.75) is 44.8 Å². The van der Waals surface area contributed by atoms with E-state index in [1.54, 1.807) is 0 Å². The molecule has 1 saturated heterocycles. The summed E-state index contributed by atoms with van der Waals surface area (Å²) < 4.78 is 17.7. The summed E-state index contributed by atoms with van der Waals surface area (Å²) >= 11 is 0. The lowest BCUT2D eigenvalue weighted by Crippen LogP contribution is -2.38. The maximum atomic E-state index is 12.8. The molecular formula is C16H20FNO4. The predicted octanol–water partition coefficient (Wildman–Crippen LogP) is 2.79. The molecule has 1 aromatic carbocycles. The molecule has 120 valence electrons. The van der Waals surface area contributed by atoms with Crippen LogP contribution in [0.5, 0.6) is 0 Å². The predicted molar refractivity (Wildman–Crippen MR) is 77.5 cm³/mol. The van der Waals surface area contributed by atoms with Crippen LogP contribution in [0.25, 0.3) is 0 Å². The number of cyclic esters (lactones) is 1. The van der Waals surface area contributed by atoms with Crippen LogP contribution in [0.2, 0.25) is 0 Å². The van der Waals surface area contributed by atoms with Crippen LogP contribution in [-0.4, -0.2) is 34.7 Å². The molecule has 1 aliphatic heterocycles. The molecule has 1 unspecified atom stereocenters. The number of halogens is 1. The molecule has 6 heteroatoms. The zero-order valence-corrected chi connectivity index (χ0v) is 12.5. The van der Waals surface area contributed by atoms with Crippen molar-refractivity contribution in [3.63, 3.8) is 0 Å². The minimum absolute atomic E-state index is 0.170. The van der Waals surface area contributed by atoms with Gasteiger partial charge < -0.3 is 9.84 Å². The van der Waals surface area contributed by atoms with E-state index in [1.807, 2.05) is 6.92 Å². The molecule has 0 spiro atoms. The zero-order chi connectivity index (χ0) is 16.1. The van der Waals surface area contributed by atoms with Crippen LogP contribution in [0.3, 0.4) is 0 Å². The number of rotatable bonds is 6. The van der Waals surface area contributed by atoms with Gasteiger partial charge in [0, 0.05) is 6.42 Å². The average molecular weight is 309 g/mol. The number of aliphatic hydroxyl groups is 1. The summed E-state index contributed by atoms with van der Waals surface area (Å²) in [6, 6.07) is 5.42. The van der Waals surface area contributed by atoms with Crippen LogP contribution >= 0.6 is 0 Å². The van der Waals surface area contributed by atoms with Crippen LogP contribution in [0, 0.1) is 5.82 Å². The highest BCUT2D eigenvalue weighted by atomic mass is 19.1. The summed E-state index contributed by atoms with van der Waals surface area (Å²) in [7, 11) is 0. The Balaban J connectivity index is 1.81. The first kappa shape index (κ1) is 16.4. The van der Waals surface area contributed by atoms with Gasteiger partial charge in [0.05, 0.1) is 12.1 Å². The number of amides is 2. The number of imide groups is 1. The van der Waals surface area contributed by atoms with E-state index in [9.17, 15) is 19.1 Å². The van der Waals surface area contributed by atoms with Gasteiger partial charge >= 0.3 is 6.09 Å². The molecule has 22 heavy (non-hydrogen) atoms. The molecule has 1 fully saturated rings. The first-order chi connectivity index (χ1) is 10.5. The van der Waals surface area contributed by atoms with Crippen LogP contribution in [-0.2, 0) is 9.53 Å². The SMILES string of the molecule is CC[C@H]1COC(=O)N1C(=O)CCCC(O)c1ccc(F)cc1. The normalized spacial score (nSPS) is 19.1. The molecule has 0 saturated carbocycles. The van der Waals surface area contributed by atoms with Crippen molar-refractivity contribution in [1.29, 1.82) is 0 Å². The number of hydrogen-bond acceptors (Lipinski definition) is 4. The van der Waals surface area contributed by atoms with E-state index in [0.717, 1.165) is 0 Å². The van der Waals surface area contributed by atoms with E-state index in [-0.39, 0.29) is 30.8 Å². The highest BCUT2D eigenvalue weighted by molar-refractivity contribution is 5.93. The first-order valence-corrected chi connectivity index (χ1v) is 7.45. The average Bonchev–Trinajstić information content (AvgIpc) is 2.88. The van der Waals surface area contributed by atoms with Gasteiger partial charge in [-0.1, -0.05) is 19.1 Å². The summed E-state index contributed by atoms with van der Waals surface area (Å²) in [5.41, 5.74) is 0.612. The van der Waals surface area contributed by atoms with Crippen LogP contribution in [0.1, 0.15) is 44.3 Å². The minimum Gasteiger partial charge on any atom is -0.447 e. The highest BCUT2D eigenvalue weighted by Crippen LogP contribution is 2.21. The van der Waals surface area contributed by atoms with Gasteiger partial charge in [-0.25, -0.2) is 14.1 Å². The second-order valence-electron chi connectivity index (χ2n) is 5.36. The maximum Gasteiger partial charge on any atom is 0.416 e. The second kappa shape index (κ2) is 7.35. The standard InChI is InChI=1S/C16H20FNO4/c1-2-13-10-22-16(21)18(13)15(20)5-3-4-14(19)11-6-8-12(17)9-7-11/h6-9,13-14,19H,2-5,10H2,1H3/t13-,14?/m0/s1. The van der Waals surface area contributed by atoms with Crippen molar-refractivity contribution >= 4 is 12.0 Å². The summed E-state index contributed by atoms with van der Waals surface area (Å²) in [4.78, 5) is 24.8. The molecular weight excluding hydrogens is 289 g/mol. The van der Waals surface area contributed by atoms with Gasteiger partial charge in [-0.15, -0.1) is 0 Å². The van der Waals surface area contributed by atoms with Crippen LogP contribution < -0.4 is 0 Å². The fraction of sp³-hybridized carbons (Fsp3) is 0.500. The van der Waals surface area contributed by atoms with Gasteiger partial charge in [0.2, 0.25) is 5.91 Å². The van der Waals surface area contributed by atoms with Crippen LogP contribution in [0.4, 0.5) is 9.18 Å². The largest absolute Gasteiger partial charge is 0.447 e. The zero-order valence-electron chi connectivity index (χ0n) is 12.5.